The number of hydrogen-bond donors (Lipinski definition) is 0. The van der Waals surface area contributed by atoms with Crippen molar-refractivity contribution >= 4 is 10.1 Å². The minimum Gasteiger partial charge on any atom is -0.746 e. The molecule has 0 aliphatic carbocycles. The largest absolute Gasteiger partial charge is 1.00 e. The van der Waals surface area contributed by atoms with Gasteiger partial charge < -0.3 is 4.55 Å². The third-order valence-corrected chi connectivity index (χ3v) is 3.71. The van der Waals surface area contributed by atoms with Gasteiger partial charge in [0.05, 0.1) is 0 Å². The maximum atomic E-state index is 12.7. The van der Waals surface area contributed by atoms with E-state index >= 15 is 0 Å². The van der Waals surface area contributed by atoms with E-state index in [9.17, 15) is 17.4 Å². The van der Waals surface area contributed by atoms with Crippen LogP contribution in [0.3, 0.4) is 0 Å². The van der Waals surface area contributed by atoms with Gasteiger partial charge >= 0.3 is 51.4 Å². The molecule has 0 aromatic rings. The standard InChI is InChI=1S/C12H25FO3S.K/c1-2-3-4-5-6-7-8-9-10-11-12(13)17(14,15)16;/h12H,2-11H2,1H3,(H,14,15,16);/q;+1/p-1. The molecule has 0 aromatic carbocycles. The Morgan fingerprint density at radius 2 is 1.33 bits per heavy atom. The van der Waals surface area contributed by atoms with Gasteiger partial charge in [-0.25, -0.2) is 12.8 Å². The Hall–Kier alpha value is 1.48. The minimum atomic E-state index is -4.73. The number of hydrogen-bond acceptors (Lipinski definition) is 3. The second kappa shape index (κ2) is 13.5. The molecule has 6 heteroatoms. The molecule has 0 heterocycles. The van der Waals surface area contributed by atoms with Crippen LogP contribution < -0.4 is 51.4 Å². The predicted octanol–water partition coefficient (Wildman–Crippen LogP) is 0.752. The molecule has 0 amide bonds. The average Bonchev–Trinajstić information content (AvgIpc) is 2.25. The van der Waals surface area contributed by atoms with Crippen LogP contribution in [0.4, 0.5) is 4.39 Å². The van der Waals surface area contributed by atoms with E-state index in [2.05, 4.69) is 6.92 Å². The molecular formula is C12H24FKO3S. The van der Waals surface area contributed by atoms with Gasteiger partial charge in [-0.3, -0.25) is 0 Å². The summed E-state index contributed by atoms with van der Waals surface area (Å²) < 4.78 is 43.5. The number of alkyl halides is 1. The van der Waals surface area contributed by atoms with E-state index in [0.717, 1.165) is 19.3 Å². The minimum absolute atomic E-state index is 0. The van der Waals surface area contributed by atoms with Crippen molar-refractivity contribution in [2.75, 3.05) is 0 Å². The first kappa shape index (κ1) is 21.8. The summed E-state index contributed by atoms with van der Waals surface area (Å²) >= 11 is 0. The fourth-order valence-electron chi connectivity index (χ4n) is 1.76. The monoisotopic (exact) mass is 306 g/mol. The maximum absolute atomic E-state index is 12.7. The Morgan fingerprint density at radius 3 is 1.72 bits per heavy atom. The molecule has 0 radical (unpaired) electrons. The molecule has 1 atom stereocenters. The summed E-state index contributed by atoms with van der Waals surface area (Å²) in [5, 5.41) is 0. The molecule has 0 saturated carbocycles. The van der Waals surface area contributed by atoms with E-state index in [0.29, 0.717) is 6.42 Å². The van der Waals surface area contributed by atoms with Gasteiger partial charge in [-0.2, -0.15) is 0 Å². The summed E-state index contributed by atoms with van der Waals surface area (Å²) in [5.41, 5.74) is -2.22. The zero-order valence-corrected chi connectivity index (χ0v) is 15.6. The Morgan fingerprint density at radius 1 is 0.944 bits per heavy atom. The van der Waals surface area contributed by atoms with E-state index in [1.54, 1.807) is 0 Å². The predicted molar refractivity (Wildman–Crippen MR) is 66.4 cm³/mol. The second-order valence-corrected chi connectivity index (χ2v) is 6.02. The van der Waals surface area contributed by atoms with Gasteiger partial charge in [0.25, 0.3) is 0 Å². The molecule has 0 fully saturated rings. The van der Waals surface area contributed by atoms with Crippen LogP contribution in [0.15, 0.2) is 0 Å². The molecule has 0 aliphatic heterocycles. The van der Waals surface area contributed by atoms with Crippen molar-refractivity contribution in [2.45, 2.75) is 76.6 Å². The van der Waals surface area contributed by atoms with Crippen LogP contribution in [0.1, 0.15) is 71.1 Å². The summed E-state index contributed by atoms with van der Waals surface area (Å²) in [6, 6.07) is 0. The van der Waals surface area contributed by atoms with Gasteiger partial charge in [-0.05, 0) is 12.8 Å². The van der Waals surface area contributed by atoms with Gasteiger partial charge in [0.1, 0.15) is 10.1 Å². The maximum Gasteiger partial charge on any atom is 1.00 e. The van der Waals surface area contributed by atoms with Crippen molar-refractivity contribution in [3.8, 4) is 0 Å². The van der Waals surface area contributed by atoms with Crippen LogP contribution in [0.5, 0.6) is 0 Å². The van der Waals surface area contributed by atoms with Gasteiger partial charge in [-0.15, -0.1) is 0 Å². The first-order valence-electron chi connectivity index (χ1n) is 6.57. The van der Waals surface area contributed by atoms with E-state index in [4.69, 9.17) is 0 Å². The first-order chi connectivity index (χ1) is 7.98. The van der Waals surface area contributed by atoms with Crippen LogP contribution >= 0.6 is 0 Å². The molecule has 0 saturated heterocycles. The summed E-state index contributed by atoms with van der Waals surface area (Å²) in [4.78, 5) is 0. The van der Waals surface area contributed by atoms with Crippen LogP contribution in [-0.4, -0.2) is 18.5 Å². The van der Waals surface area contributed by atoms with Crippen molar-refractivity contribution in [1.82, 2.24) is 0 Å². The zero-order valence-electron chi connectivity index (χ0n) is 11.7. The Bertz CT molecular complexity index is 270. The Labute approximate surface area is 153 Å². The topological polar surface area (TPSA) is 57.2 Å². The second-order valence-electron chi connectivity index (χ2n) is 4.52. The molecule has 1 unspecified atom stereocenters. The van der Waals surface area contributed by atoms with Gasteiger partial charge in [0, 0.05) is 0 Å². The molecule has 3 nitrogen and oxygen atoms in total. The third kappa shape index (κ3) is 13.9. The first-order valence-corrected chi connectivity index (χ1v) is 8.04. The Kier molecular flexibility index (Phi) is 16.3. The SMILES string of the molecule is CCCCCCCCCCCC(F)S(=O)(=O)[O-].[K+]. The van der Waals surface area contributed by atoms with Crippen LogP contribution in [-0.2, 0) is 10.1 Å². The van der Waals surface area contributed by atoms with Crippen LogP contribution in [0, 0.1) is 0 Å². The van der Waals surface area contributed by atoms with E-state index in [1.165, 1.54) is 32.1 Å². The molecule has 18 heavy (non-hydrogen) atoms. The molecular weight excluding hydrogens is 282 g/mol. The van der Waals surface area contributed by atoms with Gasteiger partial charge in [0.15, 0.2) is 5.50 Å². The molecule has 0 bridgehead atoms. The average molecular weight is 306 g/mol. The summed E-state index contributed by atoms with van der Waals surface area (Å²) in [5.74, 6) is 0. The van der Waals surface area contributed by atoms with Crippen molar-refractivity contribution in [3.05, 3.63) is 0 Å². The van der Waals surface area contributed by atoms with Crippen molar-refractivity contribution in [3.63, 3.8) is 0 Å². The quantitative estimate of drug-likeness (QED) is 0.322. The molecule has 0 aliphatic rings. The summed E-state index contributed by atoms with van der Waals surface area (Å²) in [7, 11) is -4.73. The van der Waals surface area contributed by atoms with Crippen molar-refractivity contribution in [1.29, 1.82) is 0 Å². The van der Waals surface area contributed by atoms with Crippen molar-refractivity contribution < 1.29 is 68.7 Å². The summed E-state index contributed by atoms with van der Waals surface area (Å²) in [6.07, 6.45) is 9.49. The van der Waals surface area contributed by atoms with Crippen LogP contribution in [0.25, 0.3) is 0 Å². The third-order valence-electron chi connectivity index (χ3n) is 2.85. The fourth-order valence-corrected chi connectivity index (χ4v) is 2.22. The van der Waals surface area contributed by atoms with Gasteiger partial charge in [-0.1, -0.05) is 58.3 Å². The molecule has 0 aromatic heterocycles. The Balaban J connectivity index is 0. The molecule has 0 N–H and O–H groups in total. The number of rotatable bonds is 11. The van der Waals surface area contributed by atoms with Crippen LogP contribution in [0.2, 0.25) is 0 Å². The van der Waals surface area contributed by atoms with E-state index in [1.807, 2.05) is 0 Å². The smallest absolute Gasteiger partial charge is 0.746 e. The molecule has 0 rings (SSSR count). The molecule has 0 spiro atoms. The normalized spacial score (nSPS) is 13.1. The van der Waals surface area contributed by atoms with E-state index < -0.39 is 15.6 Å². The zero-order chi connectivity index (χ0) is 13.1. The summed E-state index contributed by atoms with van der Waals surface area (Å²) in [6.45, 7) is 2.18. The van der Waals surface area contributed by atoms with E-state index in [-0.39, 0.29) is 57.8 Å². The fraction of sp³-hybridized carbons (Fsp3) is 1.00. The van der Waals surface area contributed by atoms with Crippen molar-refractivity contribution in [2.24, 2.45) is 0 Å². The number of unbranched alkanes of at least 4 members (excludes halogenated alkanes) is 8. The number of halogens is 1. The van der Waals surface area contributed by atoms with Gasteiger partial charge in [0.2, 0.25) is 0 Å². The molecule has 104 valence electrons.